The predicted octanol–water partition coefficient (Wildman–Crippen LogP) is -0.560. The first kappa shape index (κ1) is 27.9. The molecular weight excluding hydrogens is 540 g/mol. The molecule has 2 aliphatic rings. The summed E-state index contributed by atoms with van der Waals surface area (Å²) in [6.45, 7) is -1.50. The van der Waals surface area contributed by atoms with E-state index >= 15 is 0 Å². The van der Waals surface area contributed by atoms with Gasteiger partial charge < -0.3 is 50.7 Å². The third-order valence-corrected chi connectivity index (χ3v) is 7.65. The number of aliphatic hydroxyl groups excluding tert-OH is 6. The van der Waals surface area contributed by atoms with Crippen molar-refractivity contribution in [2.75, 3.05) is 23.8 Å². The van der Waals surface area contributed by atoms with Crippen LogP contribution in [0.3, 0.4) is 0 Å². The van der Waals surface area contributed by atoms with Crippen molar-refractivity contribution in [1.29, 1.82) is 0 Å². The smallest absolute Gasteiger partial charge is 0.359 e. The number of aliphatic hydroxyl groups is 6. The molecule has 2 aromatic carbocycles. The topological polar surface area (TPSA) is 232 Å². The van der Waals surface area contributed by atoms with Crippen molar-refractivity contribution in [2.24, 2.45) is 0 Å². The molecule has 0 aromatic heterocycles. The van der Waals surface area contributed by atoms with E-state index in [1.807, 2.05) is 0 Å². The van der Waals surface area contributed by atoms with Crippen LogP contribution in [0.2, 0.25) is 0 Å². The maximum Gasteiger partial charge on any atom is 0.359 e. The molecule has 0 radical (unpaired) electrons. The number of ether oxygens (including phenoxy) is 2. The van der Waals surface area contributed by atoms with E-state index in [4.69, 9.17) is 19.7 Å². The summed E-state index contributed by atoms with van der Waals surface area (Å²) in [5, 5.41) is 62.8. The third kappa shape index (κ3) is 5.39. The van der Waals surface area contributed by atoms with Gasteiger partial charge in [-0.1, -0.05) is 0 Å². The van der Waals surface area contributed by atoms with Gasteiger partial charge in [-0.25, -0.2) is 18.0 Å². The number of hydrogen-bond acceptors (Lipinski definition) is 14. The first-order chi connectivity index (χ1) is 18.5. The lowest BCUT2D eigenvalue weighted by molar-refractivity contribution is -0.146. The summed E-state index contributed by atoms with van der Waals surface area (Å²) in [6.07, 6.45) is -5.91. The molecule has 0 spiro atoms. The van der Waals surface area contributed by atoms with E-state index in [1.165, 1.54) is 48.5 Å². The molecule has 14 nitrogen and oxygen atoms in total. The minimum Gasteiger partial charge on any atom is -0.506 e. The Kier molecular flexibility index (Phi) is 7.80. The molecule has 8 N–H and O–H groups in total. The second kappa shape index (κ2) is 10.9. The Hall–Kier alpha value is -4.15. The Balaban J connectivity index is 1.48. The molecule has 2 aromatic rings. The summed E-state index contributed by atoms with van der Waals surface area (Å²) >= 11 is 0. The Labute approximate surface area is 221 Å². The van der Waals surface area contributed by atoms with Crippen molar-refractivity contribution in [2.45, 2.75) is 34.2 Å². The van der Waals surface area contributed by atoms with Gasteiger partial charge in [-0.3, -0.25) is 0 Å². The molecule has 0 aliphatic carbocycles. The highest BCUT2D eigenvalue weighted by atomic mass is 32.2. The number of cyclic esters (lactones) is 2. The largest absolute Gasteiger partial charge is 0.506 e. The highest BCUT2D eigenvalue weighted by Crippen LogP contribution is 2.29. The SMILES string of the molecule is O=C1O[C@@H]([C@H](O)CO)C(O)=C1Nc1ccc(S(=O)(=O)c2ccc(NC3=C(O)[C@H]([C@H](O)CO)OC3=O)cc2)cc1. The van der Waals surface area contributed by atoms with E-state index in [0.717, 1.165) is 0 Å². The quantitative estimate of drug-likeness (QED) is 0.169. The van der Waals surface area contributed by atoms with Gasteiger partial charge in [0.05, 0.1) is 23.0 Å². The van der Waals surface area contributed by atoms with Crippen LogP contribution in [-0.4, -0.2) is 88.6 Å². The van der Waals surface area contributed by atoms with Gasteiger partial charge in [0.25, 0.3) is 0 Å². The lowest BCUT2D eigenvalue weighted by atomic mass is 10.1. The lowest BCUT2D eigenvalue weighted by Gasteiger charge is -2.14. The summed E-state index contributed by atoms with van der Waals surface area (Å²) in [4.78, 5) is 23.8. The molecule has 0 bridgehead atoms. The maximum absolute atomic E-state index is 13.1. The molecule has 39 heavy (non-hydrogen) atoms. The van der Waals surface area contributed by atoms with Crippen LogP contribution in [0.1, 0.15) is 0 Å². The number of esters is 2. The number of sulfone groups is 1. The minimum atomic E-state index is -4.00. The van der Waals surface area contributed by atoms with Crippen molar-refractivity contribution in [3.05, 3.63) is 71.4 Å². The van der Waals surface area contributed by atoms with Crippen LogP contribution in [0.5, 0.6) is 0 Å². The standard InChI is InChI=1S/C24H24N2O12S/c27-9-15(29)21-19(31)17(23(33)37-21)25-11-1-5-13(6-2-11)39(35,36)14-7-3-12(4-8-14)26-18-20(32)22(16(30)10-28)38-24(18)34/h1-8,15-16,21-22,25-32H,9-10H2/t15-,16-,21+,22+/m1/s1. The average molecular weight is 565 g/mol. The Morgan fingerprint density at radius 3 is 1.33 bits per heavy atom. The Bertz CT molecular complexity index is 1330. The fourth-order valence-electron chi connectivity index (χ4n) is 3.76. The minimum absolute atomic E-state index is 0.102. The molecule has 0 unspecified atom stereocenters. The van der Waals surface area contributed by atoms with E-state index in [2.05, 4.69) is 10.6 Å². The van der Waals surface area contributed by atoms with E-state index in [9.17, 15) is 38.4 Å². The summed E-state index contributed by atoms with van der Waals surface area (Å²) in [5.74, 6) is -3.15. The number of anilines is 2. The molecule has 0 saturated carbocycles. The molecule has 4 rings (SSSR count). The highest BCUT2D eigenvalue weighted by molar-refractivity contribution is 7.91. The van der Waals surface area contributed by atoms with Crippen LogP contribution in [0.25, 0.3) is 0 Å². The van der Waals surface area contributed by atoms with Gasteiger partial charge in [-0.05, 0) is 48.5 Å². The van der Waals surface area contributed by atoms with Gasteiger partial charge >= 0.3 is 11.9 Å². The van der Waals surface area contributed by atoms with Crippen molar-refractivity contribution < 1.29 is 58.1 Å². The zero-order valence-corrected chi connectivity index (χ0v) is 20.7. The fraction of sp³-hybridized carbons (Fsp3) is 0.250. The molecule has 2 aliphatic heterocycles. The second-order valence-electron chi connectivity index (χ2n) is 8.47. The van der Waals surface area contributed by atoms with Crippen molar-refractivity contribution in [3.63, 3.8) is 0 Å². The maximum atomic E-state index is 13.1. The van der Waals surface area contributed by atoms with Gasteiger partial charge in [0.2, 0.25) is 9.84 Å². The van der Waals surface area contributed by atoms with Crippen LogP contribution in [0, 0.1) is 0 Å². The molecule has 0 saturated heterocycles. The molecule has 208 valence electrons. The number of benzene rings is 2. The number of carbonyl (C=O) groups is 2. The second-order valence-corrected chi connectivity index (χ2v) is 10.4. The third-order valence-electron chi connectivity index (χ3n) is 5.87. The van der Waals surface area contributed by atoms with Gasteiger partial charge in [0, 0.05) is 11.4 Å². The number of rotatable bonds is 10. The predicted molar refractivity (Wildman–Crippen MR) is 131 cm³/mol. The Morgan fingerprint density at radius 2 is 1.03 bits per heavy atom. The van der Waals surface area contributed by atoms with Crippen molar-refractivity contribution in [1.82, 2.24) is 0 Å². The molecule has 15 heteroatoms. The molecule has 0 amide bonds. The van der Waals surface area contributed by atoms with Crippen LogP contribution in [-0.2, 0) is 28.9 Å². The summed E-state index contributed by atoms with van der Waals surface area (Å²) in [6, 6.07) is 10.4. The number of hydrogen-bond donors (Lipinski definition) is 8. The van der Waals surface area contributed by atoms with Crippen molar-refractivity contribution >= 4 is 33.2 Å². The molecule has 4 atom stereocenters. The first-order valence-corrected chi connectivity index (χ1v) is 12.8. The lowest BCUT2D eigenvalue weighted by Crippen LogP contribution is -2.31. The van der Waals surface area contributed by atoms with Crippen LogP contribution in [0.4, 0.5) is 11.4 Å². The average Bonchev–Trinajstić information content (AvgIpc) is 3.37. The van der Waals surface area contributed by atoms with Gasteiger partial charge in [-0.2, -0.15) is 0 Å². The zero-order valence-electron chi connectivity index (χ0n) is 19.9. The van der Waals surface area contributed by atoms with E-state index in [-0.39, 0.29) is 32.6 Å². The monoisotopic (exact) mass is 564 g/mol. The van der Waals surface area contributed by atoms with Gasteiger partial charge in [0.15, 0.2) is 35.1 Å². The van der Waals surface area contributed by atoms with E-state index in [1.54, 1.807) is 0 Å². The highest BCUT2D eigenvalue weighted by Gasteiger charge is 2.40. The van der Waals surface area contributed by atoms with Gasteiger partial charge in [-0.15, -0.1) is 0 Å². The van der Waals surface area contributed by atoms with Gasteiger partial charge in [0.1, 0.15) is 12.2 Å². The number of carbonyl (C=O) groups excluding carboxylic acids is 2. The number of nitrogens with one attached hydrogen (secondary N) is 2. The summed E-state index contributed by atoms with van der Waals surface area (Å²) in [7, 11) is -4.00. The molecular formula is C24H24N2O12S. The summed E-state index contributed by atoms with van der Waals surface area (Å²) < 4.78 is 35.8. The van der Waals surface area contributed by atoms with Crippen LogP contribution in [0.15, 0.2) is 81.2 Å². The van der Waals surface area contributed by atoms with Crippen molar-refractivity contribution in [3.8, 4) is 0 Å². The molecule has 2 heterocycles. The molecule has 0 fully saturated rings. The van der Waals surface area contributed by atoms with E-state index < -0.39 is 70.9 Å². The zero-order chi connectivity index (χ0) is 28.5. The van der Waals surface area contributed by atoms with Crippen LogP contribution >= 0.6 is 0 Å². The fourth-order valence-corrected chi connectivity index (χ4v) is 5.02. The van der Waals surface area contributed by atoms with E-state index in [0.29, 0.717) is 0 Å². The van der Waals surface area contributed by atoms with Crippen LogP contribution < -0.4 is 10.6 Å². The summed E-state index contributed by atoms with van der Waals surface area (Å²) in [5.41, 5.74) is -0.272. The Morgan fingerprint density at radius 1 is 0.692 bits per heavy atom. The normalized spacial score (nSPS) is 21.0. The first-order valence-electron chi connectivity index (χ1n) is 11.3.